The van der Waals surface area contributed by atoms with Crippen LogP contribution in [-0.2, 0) is 19.1 Å². The van der Waals surface area contributed by atoms with Crippen molar-refractivity contribution in [2.45, 2.75) is 143 Å². The van der Waals surface area contributed by atoms with Crippen LogP contribution in [0.5, 0.6) is 0 Å². The lowest BCUT2D eigenvalue weighted by Crippen LogP contribution is -2.48. The van der Waals surface area contributed by atoms with Crippen LogP contribution in [0.4, 0.5) is 63.1 Å². The molecule has 5 saturated heterocycles. The number of carbonyl (C=O) groups excluding carboxylic acids is 4. The summed E-state index contributed by atoms with van der Waals surface area (Å²) >= 11 is 16.2. The molecule has 8 N–H and O–H groups in total. The van der Waals surface area contributed by atoms with Crippen molar-refractivity contribution in [2.24, 2.45) is 5.73 Å². The molecule has 5 aromatic rings. The number of nitrogens with one attached hydrogen (secondary N) is 4. The van der Waals surface area contributed by atoms with Crippen molar-refractivity contribution in [3.05, 3.63) is 100 Å². The number of amides is 4. The molecule has 0 radical (unpaired) electrons. The minimum atomic E-state index is -0.666. The molecule has 8 heterocycles. The first-order valence-corrected chi connectivity index (χ1v) is 33.0. The number of piperazine rings is 2. The largest absolute Gasteiger partial charge is 0.444 e. The highest BCUT2D eigenvalue weighted by Crippen LogP contribution is 2.29. The van der Waals surface area contributed by atoms with E-state index in [0.29, 0.717) is 44.0 Å². The van der Waals surface area contributed by atoms with Crippen molar-refractivity contribution < 1.29 is 41.8 Å². The lowest BCUT2D eigenvalue weighted by atomic mass is 10.0. The van der Waals surface area contributed by atoms with Crippen LogP contribution in [0.3, 0.4) is 0 Å². The van der Waals surface area contributed by atoms with Crippen LogP contribution in [0.1, 0.15) is 113 Å². The van der Waals surface area contributed by atoms with E-state index < -0.39 is 34.7 Å². The summed E-state index contributed by atoms with van der Waals surface area (Å²) in [5.41, 5.74) is 14.5. The fraction of sp³-hybridized carbons (Fsp3) is 0.562. The van der Waals surface area contributed by atoms with E-state index in [1.54, 1.807) is 34.6 Å². The fourth-order valence-electron chi connectivity index (χ4n) is 10.8. The number of nitrogens with two attached hydrogens (primary N) is 2. The highest BCUT2D eigenvalue weighted by molar-refractivity contribution is 6.31. The summed E-state index contributed by atoms with van der Waals surface area (Å²) in [6.45, 7) is 24.7. The van der Waals surface area contributed by atoms with Gasteiger partial charge in [-0.2, -0.15) is 9.97 Å². The Hall–Kier alpha value is -7.46. The van der Waals surface area contributed by atoms with Gasteiger partial charge in [-0.3, -0.25) is 9.59 Å². The van der Waals surface area contributed by atoms with Gasteiger partial charge in [0.1, 0.15) is 11.2 Å². The van der Waals surface area contributed by atoms with Crippen molar-refractivity contribution in [3.63, 3.8) is 0 Å². The summed E-state index contributed by atoms with van der Waals surface area (Å²) in [5.74, 6) is -0.461. The number of nitrogen functional groups attached to an aromatic ring is 1. The summed E-state index contributed by atoms with van der Waals surface area (Å²) in [6, 6.07) is 16.3. The Kier molecular flexibility index (Phi) is 29.7. The first-order valence-electron chi connectivity index (χ1n) is 31.8. The lowest BCUT2D eigenvalue weighted by molar-refractivity contribution is -0.129. The number of benzene rings is 2. The molecule has 3 unspecified atom stereocenters. The molecule has 0 aliphatic carbocycles. The van der Waals surface area contributed by atoms with Gasteiger partial charge in [-0.15, -0.1) is 0 Å². The minimum Gasteiger partial charge on any atom is -0.444 e. The number of anilines is 7. The number of hydrogen-bond donors (Lipinski definition) is 6. The number of aromatic nitrogens is 6. The number of carbonyl (C=O) groups is 4. The SMILES string of the molecule is CC(=O)N1CCN(c2ccc(N)cc2)CC1.CC(=O)N1CCN(c2ccc(Nc3ncc(F)c(N4CCCCC4CN)n3)cc2)CC1.CC(C)(C)OC(=O)NCC1CCCCN1.CC(C)(C)OC(=O)NCC1CCCCN1c1nc(Cl)ncc1F.Fc1cnc(Cl)nc1Cl. The smallest absolute Gasteiger partial charge is 0.407 e. The van der Waals surface area contributed by atoms with Gasteiger partial charge in [0.05, 0.1) is 18.6 Å². The first kappa shape index (κ1) is 75.6. The van der Waals surface area contributed by atoms with Crippen molar-refractivity contribution in [1.82, 2.24) is 55.7 Å². The molecule has 3 aromatic heterocycles. The van der Waals surface area contributed by atoms with Crippen molar-refractivity contribution >= 4 is 99.1 Å². The highest BCUT2D eigenvalue weighted by atomic mass is 35.5. The second-order valence-corrected chi connectivity index (χ2v) is 26.1. The van der Waals surface area contributed by atoms with Gasteiger partial charge in [-0.1, -0.05) is 18.0 Å². The van der Waals surface area contributed by atoms with E-state index in [1.165, 1.54) is 24.7 Å². The predicted molar refractivity (Wildman–Crippen MR) is 364 cm³/mol. The number of piperidine rings is 3. The van der Waals surface area contributed by atoms with Crippen LogP contribution in [0, 0.1) is 17.5 Å². The van der Waals surface area contributed by atoms with E-state index in [-0.39, 0.29) is 51.5 Å². The van der Waals surface area contributed by atoms with Gasteiger partial charge in [0.25, 0.3) is 0 Å². The summed E-state index contributed by atoms with van der Waals surface area (Å²) in [4.78, 5) is 80.8. The van der Waals surface area contributed by atoms with Gasteiger partial charge in [0.15, 0.2) is 34.2 Å². The average Bonchev–Trinajstić information content (AvgIpc) is 0.839. The van der Waals surface area contributed by atoms with Crippen LogP contribution >= 0.6 is 34.8 Å². The van der Waals surface area contributed by atoms with Gasteiger partial charge in [0.2, 0.25) is 28.3 Å². The maximum Gasteiger partial charge on any atom is 0.407 e. The Bertz CT molecular complexity index is 3190. The van der Waals surface area contributed by atoms with E-state index in [4.69, 9.17) is 55.7 Å². The summed E-state index contributed by atoms with van der Waals surface area (Å²) in [7, 11) is 0. The molecular formula is C64H92Cl3F3N18O6. The van der Waals surface area contributed by atoms with Gasteiger partial charge < -0.3 is 71.6 Å². The second-order valence-electron chi connectivity index (χ2n) is 25.0. The number of rotatable bonds is 11. The van der Waals surface area contributed by atoms with E-state index >= 15 is 0 Å². The Morgan fingerprint density at radius 3 is 1.51 bits per heavy atom. The number of halogens is 6. The van der Waals surface area contributed by atoms with Crippen molar-refractivity contribution in [3.8, 4) is 0 Å². The topological polar surface area (TPSA) is 284 Å². The quantitative estimate of drug-likeness (QED) is 0.0407. The van der Waals surface area contributed by atoms with Crippen LogP contribution in [0.2, 0.25) is 15.7 Å². The Labute approximate surface area is 564 Å². The van der Waals surface area contributed by atoms with Gasteiger partial charge in [-0.25, -0.2) is 42.7 Å². The van der Waals surface area contributed by atoms with E-state index in [9.17, 15) is 32.3 Å². The Morgan fingerprint density at radius 1 is 0.574 bits per heavy atom. The predicted octanol–water partition coefficient (Wildman–Crippen LogP) is 10.0. The zero-order valence-corrected chi connectivity index (χ0v) is 57.4. The number of ether oxygens (including phenoxy) is 2. The standard InChI is InChI=1S/C22H30FN7O.C15H22ClFN4O2.C12H17N3O.C11H22N2O2.C4HCl2FN2/c1-16(31)28-10-12-29(13-11-28)18-7-5-17(6-8-18)26-22-25-15-20(23)21(27-22)30-9-3-2-4-19(30)14-24;1-15(2,3)23-14(22)19-8-10-6-4-5-7-21(10)12-11(17)9-18-13(16)20-12;1-10(16)14-6-8-15(9-7-14)12-4-2-11(13)3-5-12;1-11(2,3)15-10(14)13-8-9-6-4-5-7-12-9;5-3-2(7)1-8-4(6)9-3/h5-8,15,19H,2-4,9-14,24H2,1H3,(H,25,26,27);9-10H,4-8H2,1-3H3,(H,19,22);2-5H,6-9,13H2,1H3;9,12H,4-8H2,1-3H3,(H,13,14);1H. The summed E-state index contributed by atoms with van der Waals surface area (Å²) < 4.78 is 51.0. The third-order valence-electron chi connectivity index (χ3n) is 15.5. The molecule has 516 valence electrons. The Balaban J connectivity index is 0.000000197. The maximum absolute atomic E-state index is 14.5. The van der Waals surface area contributed by atoms with E-state index in [2.05, 4.69) is 61.0 Å². The molecule has 5 aliphatic rings. The maximum atomic E-state index is 14.5. The average molecular weight is 1370 g/mol. The normalized spacial score (nSPS) is 18.2. The molecule has 30 heteroatoms. The molecule has 24 nitrogen and oxygen atoms in total. The van der Waals surface area contributed by atoms with E-state index in [1.807, 2.05) is 88.9 Å². The molecular weight excluding hydrogens is 1280 g/mol. The molecule has 3 atom stereocenters. The zero-order chi connectivity index (χ0) is 68.5. The molecule has 94 heavy (non-hydrogen) atoms. The van der Waals surface area contributed by atoms with Crippen LogP contribution in [0.15, 0.2) is 67.1 Å². The summed E-state index contributed by atoms with van der Waals surface area (Å²) in [6.07, 6.45) is 11.8. The zero-order valence-electron chi connectivity index (χ0n) is 55.1. The molecule has 5 fully saturated rings. The molecule has 0 bridgehead atoms. The molecule has 4 amide bonds. The third-order valence-corrected chi connectivity index (χ3v) is 16.2. The van der Waals surface area contributed by atoms with Crippen molar-refractivity contribution in [1.29, 1.82) is 0 Å². The van der Waals surface area contributed by atoms with Crippen LogP contribution in [-0.4, -0.2) is 185 Å². The van der Waals surface area contributed by atoms with Crippen LogP contribution < -0.4 is 52.3 Å². The second kappa shape index (κ2) is 37.0. The van der Waals surface area contributed by atoms with Gasteiger partial charge in [-0.05, 0) is 171 Å². The third kappa shape index (κ3) is 25.7. The molecule has 0 spiro atoms. The summed E-state index contributed by atoms with van der Waals surface area (Å²) in [5, 5.41) is 11.8. The minimum absolute atomic E-state index is 0.00539. The van der Waals surface area contributed by atoms with Crippen molar-refractivity contribution in [2.75, 3.05) is 122 Å². The molecule has 2 aromatic carbocycles. The van der Waals surface area contributed by atoms with Crippen LogP contribution in [0.25, 0.3) is 0 Å². The molecule has 0 saturated carbocycles. The highest BCUT2D eigenvalue weighted by Gasteiger charge is 2.29. The lowest BCUT2D eigenvalue weighted by Gasteiger charge is -2.36. The van der Waals surface area contributed by atoms with E-state index in [0.717, 1.165) is 140 Å². The van der Waals surface area contributed by atoms with Gasteiger partial charge >= 0.3 is 12.2 Å². The Morgan fingerprint density at radius 2 is 1.03 bits per heavy atom. The molecule has 5 aliphatic heterocycles. The number of alkyl carbamates (subject to hydrolysis) is 2. The number of nitrogens with zero attached hydrogens (tertiary/aromatic N) is 12. The fourth-order valence-corrected chi connectivity index (χ4v) is 11.2. The number of hydrogen-bond acceptors (Lipinski definition) is 20. The molecule has 10 rings (SSSR count). The monoisotopic (exact) mass is 1370 g/mol. The first-order chi connectivity index (χ1) is 44.6. The van der Waals surface area contributed by atoms with Gasteiger partial charge in [0, 0.05) is 140 Å².